The first-order valence-corrected chi connectivity index (χ1v) is 10.4. The minimum atomic E-state index is -1.00. The van der Waals surface area contributed by atoms with Gasteiger partial charge in [0.25, 0.3) is 0 Å². The largest absolute Gasteiger partial charge is 0.453 e. The molecule has 2 heterocycles. The zero-order chi connectivity index (χ0) is 22.4. The number of alkyl carbamates (subject to hydrolysis) is 1. The average Bonchev–Trinajstić information content (AvgIpc) is 2.78. The first-order chi connectivity index (χ1) is 14.9. The summed E-state index contributed by atoms with van der Waals surface area (Å²) >= 11 is 6.06. The van der Waals surface area contributed by atoms with Crippen LogP contribution in [0.15, 0.2) is 36.7 Å². The topological polar surface area (TPSA) is 89.6 Å². The molecular formula is C22H25ClFN3O4. The number of nitrogens with one attached hydrogen (secondary N) is 2. The highest BCUT2D eigenvalue weighted by molar-refractivity contribution is 6.30. The molecule has 2 aromatic rings. The van der Waals surface area contributed by atoms with Gasteiger partial charge in [-0.15, -0.1) is 0 Å². The fourth-order valence-corrected chi connectivity index (χ4v) is 4.15. The predicted octanol–water partition coefficient (Wildman–Crippen LogP) is 3.85. The lowest BCUT2D eigenvalue weighted by molar-refractivity contribution is -0.121. The second-order valence-electron chi connectivity index (χ2n) is 7.33. The fourth-order valence-electron chi connectivity index (χ4n) is 4.03. The average molecular weight is 450 g/mol. The maximum absolute atomic E-state index is 14.2. The zero-order valence-corrected chi connectivity index (χ0v) is 18.2. The standard InChI is InChI=1S/C22H25ClFN3O4/c1-3-16-17(24)12-25-13-18(16)26-20(28)19(27-21(29)30-2)22(8-10-31-11-9-22)14-4-6-15(23)7-5-14/h4-7,12-13,19H,3,8-11H2,1-2H3,(H,26,28)(H,27,29)/t19-/m1/s1. The van der Waals surface area contributed by atoms with Crippen LogP contribution in [0, 0.1) is 5.82 Å². The molecule has 1 fully saturated rings. The van der Waals surface area contributed by atoms with E-state index in [1.807, 2.05) is 12.1 Å². The molecule has 7 nitrogen and oxygen atoms in total. The molecule has 1 saturated heterocycles. The van der Waals surface area contributed by atoms with Gasteiger partial charge in [0.15, 0.2) is 0 Å². The Morgan fingerprint density at radius 3 is 2.55 bits per heavy atom. The van der Waals surface area contributed by atoms with Gasteiger partial charge in [-0.1, -0.05) is 30.7 Å². The molecule has 2 amide bonds. The Balaban J connectivity index is 2.03. The Morgan fingerprint density at radius 1 is 1.26 bits per heavy atom. The van der Waals surface area contributed by atoms with Crippen molar-refractivity contribution in [3.63, 3.8) is 0 Å². The van der Waals surface area contributed by atoms with Crippen molar-refractivity contribution in [3.8, 4) is 0 Å². The molecular weight excluding hydrogens is 425 g/mol. The SMILES string of the molecule is CCc1c(F)cncc1NC(=O)[C@@H](NC(=O)OC)C1(c2ccc(Cl)cc2)CCOCC1. The number of carbonyl (C=O) groups is 2. The Morgan fingerprint density at radius 2 is 1.94 bits per heavy atom. The third kappa shape index (κ3) is 4.97. The summed E-state index contributed by atoms with van der Waals surface area (Å²) in [6.45, 7) is 2.61. The second kappa shape index (κ2) is 10.1. The number of benzene rings is 1. The summed E-state index contributed by atoms with van der Waals surface area (Å²) in [5, 5.41) is 6.00. The van der Waals surface area contributed by atoms with Gasteiger partial charge in [0.2, 0.25) is 5.91 Å². The molecule has 0 saturated carbocycles. The first-order valence-electron chi connectivity index (χ1n) is 10.0. The molecule has 9 heteroatoms. The van der Waals surface area contributed by atoms with Gasteiger partial charge < -0.3 is 20.1 Å². The Labute approximate surface area is 185 Å². The summed E-state index contributed by atoms with van der Waals surface area (Å²) in [6, 6.07) is 6.17. The van der Waals surface area contributed by atoms with Crippen LogP contribution in [0.3, 0.4) is 0 Å². The number of nitrogens with zero attached hydrogens (tertiary/aromatic N) is 1. The summed E-state index contributed by atoms with van der Waals surface area (Å²) in [5.41, 5.74) is 0.675. The molecule has 0 unspecified atom stereocenters. The van der Waals surface area contributed by atoms with E-state index in [0.29, 0.717) is 43.1 Å². The molecule has 31 heavy (non-hydrogen) atoms. The van der Waals surface area contributed by atoms with E-state index < -0.39 is 29.3 Å². The van der Waals surface area contributed by atoms with Gasteiger partial charge in [-0.3, -0.25) is 9.78 Å². The number of carbonyl (C=O) groups excluding carboxylic acids is 2. The van der Waals surface area contributed by atoms with Crippen molar-refractivity contribution in [2.75, 3.05) is 25.6 Å². The summed E-state index contributed by atoms with van der Waals surface area (Å²) in [4.78, 5) is 29.5. The van der Waals surface area contributed by atoms with E-state index >= 15 is 0 Å². The fraction of sp³-hybridized carbons (Fsp3) is 0.409. The smallest absolute Gasteiger partial charge is 0.407 e. The molecule has 1 atom stereocenters. The number of amides is 2. The number of hydrogen-bond acceptors (Lipinski definition) is 5. The van der Waals surface area contributed by atoms with Crippen molar-refractivity contribution < 1.29 is 23.5 Å². The van der Waals surface area contributed by atoms with Crippen molar-refractivity contribution in [3.05, 3.63) is 58.6 Å². The molecule has 1 aliphatic heterocycles. The van der Waals surface area contributed by atoms with Crippen LogP contribution in [0.1, 0.15) is 30.9 Å². The molecule has 166 valence electrons. The van der Waals surface area contributed by atoms with Crippen LogP contribution in [0.25, 0.3) is 0 Å². The summed E-state index contributed by atoms with van der Waals surface area (Å²) in [7, 11) is 1.23. The number of ether oxygens (including phenoxy) is 2. The molecule has 1 aromatic heterocycles. The van der Waals surface area contributed by atoms with Gasteiger partial charge in [-0.2, -0.15) is 0 Å². The van der Waals surface area contributed by atoms with Crippen molar-refractivity contribution >= 4 is 29.3 Å². The van der Waals surface area contributed by atoms with Crippen LogP contribution in [0.4, 0.5) is 14.9 Å². The number of pyridine rings is 1. The minimum absolute atomic E-state index is 0.266. The first kappa shape index (κ1) is 23.0. The number of hydrogen-bond donors (Lipinski definition) is 2. The molecule has 0 bridgehead atoms. The molecule has 2 N–H and O–H groups in total. The number of methoxy groups -OCH3 is 1. The summed E-state index contributed by atoms with van der Waals surface area (Å²) in [5.74, 6) is -0.999. The molecule has 0 radical (unpaired) electrons. The van der Waals surface area contributed by atoms with Crippen LogP contribution in [0.5, 0.6) is 0 Å². The van der Waals surface area contributed by atoms with Crippen LogP contribution >= 0.6 is 11.6 Å². The maximum Gasteiger partial charge on any atom is 0.407 e. The van der Waals surface area contributed by atoms with E-state index in [0.717, 1.165) is 11.8 Å². The number of anilines is 1. The quantitative estimate of drug-likeness (QED) is 0.699. The van der Waals surface area contributed by atoms with Crippen molar-refractivity contribution in [2.45, 2.75) is 37.6 Å². The van der Waals surface area contributed by atoms with Crippen molar-refractivity contribution in [1.29, 1.82) is 0 Å². The third-order valence-corrected chi connectivity index (χ3v) is 5.93. The van der Waals surface area contributed by atoms with Gasteiger partial charge in [-0.25, -0.2) is 9.18 Å². The molecule has 0 spiro atoms. The van der Waals surface area contributed by atoms with Crippen molar-refractivity contribution in [1.82, 2.24) is 10.3 Å². The van der Waals surface area contributed by atoms with Crippen LogP contribution in [-0.2, 0) is 26.1 Å². The van der Waals surface area contributed by atoms with Crippen molar-refractivity contribution in [2.24, 2.45) is 0 Å². The molecule has 0 aliphatic carbocycles. The lowest BCUT2D eigenvalue weighted by atomic mass is 9.68. The molecule has 3 rings (SSSR count). The van der Waals surface area contributed by atoms with Gasteiger partial charge in [0.05, 0.1) is 25.2 Å². The van der Waals surface area contributed by atoms with Gasteiger partial charge in [0.1, 0.15) is 11.9 Å². The van der Waals surface area contributed by atoms with E-state index in [1.165, 1.54) is 13.3 Å². The maximum atomic E-state index is 14.2. The predicted molar refractivity (Wildman–Crippen MR) is 115 cm³/mol. The Bertz CT molecular complexity index is 933. The lowest BCUT2D eigenvalue weighted by Crippen LogP contribution is -2.58. The van der Waals surface area contributed by atoms with E-state index in [1.54, 1.807) is 19.1 Å². The van der Waals surface area contributed by atoms with Gasteiger partial charge >= 0.3 is 6.09 Å². The normalized spacial score (nSPS) is 16.3. The number of aromatic nitrogens is 1. The highest BCUT2D eigenvalue weighted by Crippen LogP contribution is 2.39. The van der Waals surface area contributed by atoms with Gasteiger partial charge in [0, 0.05) is 29.2 Å². The van der Waals surface area contributed by atoms with E-state index in [9.17, 15) is 14.0 Å². The highest BCUT2D eigenvalue weighted by Gasteiger charge is 2.46. The Hall–Kier alpha value is -2.71. The van der Waals surface area contributed by atoms with E-state index in [4.69, 9.17) is 21.1 Å². The van der Waals surface area contributed by atoms with Crippen LogP contribution in [0.2, 0.25) is 5.02 Å². The lowest BCUT2D eigenvalue weighted by Gasteiger charge is -2.43. The summed E-state index contributed by atoms with van der Waals surface area (Å²) < 4.78 is 24.5. The van der Waals surface area contributed by atoms with Crippen LogP contribution in [-0.4, -0.2) is 43.3 Å². The van der Waals surface area contributed by atoms with E-state index in [-0.39, 0.29) is 5.69 Å². The van der Waals surface area contributed by atoms with Crippen LogP contribution < -0.4 is 10.6 Å². The van der Waals surface area contributed by atoms with Gasteiger partial charge in [-0.05, 0) is 37.0 Å². The summed E-state index contributed by atoms with van der Waals surface area (Å²) in [6.07, 6.45) is 3.10. The number of halogens is 2. The number of rotatable bonds is 6. The van der Waals surface area contributed by atoms with E-state index in [2.05, 4.69) is 15.6 Å². The monoisotopic (exact) mass is 449 g/mol. The molecule has 1 aliphatic rings. The molecule has 1 aromatic carbocycles. The third-order valence-electron chi connectivity index (χ3n) is 5.68. The Kier molecular flexibility index (Phi) is 7.46. The highest BCUT2D eigenvalue weighted by atomic mass is 35.5. The zero-order valence-electron chi connectivity index (χ0n) is 17.4. The minimum Gasteiger partial charge on any atom is -0.453 e. The second-order valence-corrected chi connectivity index (χ2v) is 7.77.